The highest BCUT2D eigenvalue weighted by molar-refractivity contribution is 7.89. The normalized spacial score (nSPS) is 18.6. The third-order valence-corrected chi connectivity index (χ3v) is 6.99. The maximum atomic E-state index is 13.0. The summed E-state index contributed by atoms with van der Waals surface area (Å²) in [4.78, 5) is 2.51. The van der Waals surface area contributed by atoms with E-state index in [2.05, 4.69) is 11.9 Å². The number of piperidine rings is 1. The first-order valence-corrected chi connectivity index (χ1v) is 9.64. The van der Waals surface area contributed by atoms with Gasteiger partial charge in [0.2, 0.25) is 10.0 Å². The fourth-order valence-electron chi connectivity index (χ4n) is 3.17. The Balaban J connectivity index is 2.22. The van der Waals surface area contributed by atoms with Crippen LogP contribution >= 0.6 is 0 Å². The van der Waals surface area contributed by atoms with Crippen LogP contribution in [0.5, 0.6) is 11.5 Å². The van der Waals surface area contributed by atoms with E-state index in [-0.39, 0.29) is 10.9 Å². The third-order valence-electron chi connectivity index (χ3n) is 5.05. The molecule has 1 aromatic rings. The Bertz CT molecular complexity index is 655. The number of benzene rings is 1. The Kier molecular flexibility index (Phi) is 6.11. The van der Waals surface area contributed by atoms with Gasteiger partial charge in [-0.3, -0.25) is 0 Å². The van der Waals surface area contributed by atoms with Crippen LogP contribution in [0.3, 0.4) is 0 Å². The predicted octanol–water partition coefficient (Wildman–Crippen LogP) is 2.05. The second-order valence-corrected chi connectivity index (χ2v) is 8.42. The lowest BCUT2D eigenvalue weighted by Crippen LogP contribution is -2.44. The molecule has 1 aliphatic heterocycles. The molecule has 0 amide bonds. The number of sulfonamides is 1. The molecular weight excluding hydrogens is 328 g/mol. The summed E-state index contributed by atoms with van der Waals surface area (Å²) in [6.07, 6.45) is 2.03. The van der Waals surface area contributed by atoms with Gasteiger partial charge in [-0.25, -0.2) is 8.42 Å². The second-order valence-electron chi connectivity index (χ2n) is 6.42. The minimum atomic E-state index is -3.57. The molecule has 1 fully saturated rings. The van der Waals surface area contributed by atoms with Crippen molar-refractivity contribution in [2.24, 2.45) is 5.92 Å². The summed E-state index contributed by atoms with van der Waals surface area (Å²) >= 11 is 0. The van der Waals surface area contributed by atoms with Crippen LogP contribution < -0.4 is 9.47 Å². The zero-order valence-corrected chi connectivity index (χ0v) is 16.0. The number of nitrogens with zero attached hydrogens (tertiary/aromatic N) is 2. The number of methoxy groups -OCH3 is 2. The van der Waals surface area contributed by atoms with E-state index in [0.29, 0.717) is 17.4 Å². The van der Waals surface area contributed by atoms with Gasteiger partial charge in [0.25, 0.3) is 0 Å². The maximum Gasteiger partial charge on any atom is 0.243 e. The molecule has 0 N–H and O–H groups in total. The Morgan fingerprint density at radius 1 is 1.17 bits per heavy atom. The smallest absolute Gasteiger partial charge is 0.243 e. The lowest BCUT2D eigenvalue weighted by Gasteiger charge is -2.36. The molecule has 0 bridgehead atoms. The van der Waals surface area contributed by atoms with E-state index < -0.39 is 10.0 Å². The van der Waals surface area contributed by atoms with E-state index in [1.807, 2.05) is 6.92 Å². The number of rotatable bonds is 6. The summed E-state index contributed by atoms with van der Waals surface area (Å²) in [5.74, 6) is 1.31. The quantitative estimate of drug-likeness (QED) is 0.781. The van der Waals surface area contributed by atoms with Crippen molar-refractivity contribution >= 4 is 10.0 Å². The highest BCUT2D eigenvalue weighted by atomic mass is 32.2. The summed E-state index contributed by atoms with van der Waals surface area (Å²) in [6.45, 7) is 4.02. The molecule has 7 heteroatoms. The van der Waals surface area contributed by atoms with Gasteiger partial charge in [-0.1, -0.05) is 0 Å². The van der Waals surface area contributed by atoms with Crippen molar-refractivity contribution < 1.29 is 17.9 Å². The highest BCUT2D eigenvalue weighted by Crippen LogP contribution is 2.32. The summed E-state index contributed by atoms with van der Waals surface area (Å²) in [5.41, 5.74) is 0. The van der Waals surface area contributed by atoms with Gasteiger partial charge >= 0.3 is 0 Å². The summed E-state index contributed by atoms with van der Waals surface area (Å²) < 4.78 is 37.8. The maximum absolute atomic E-state index is 13.0. The average molecular weight is 356 g/mol. The van der Waals surface area contributed by atoms with Crippen molar-refractivity contribution in [1.82, 2.24) is 9.21 Å². The molecule has 1 aromatic carbocycles. The molecule has 0 aromatic heterocycles. The zero-order chi connectivity index (χ0) is 17.9. The minimum Gasteiger partial charge on any atom is -0.493 e. The molecule has 1 saturated heterocycles. The molecule has 136 valence electrons. The number of hydrogen-bond donors (Lipinski definition) is 0. The minimum absolute atomic E-state index is 0.0446. The largest absolute Gasteiger partial charge is 0.493 e. The van der Waals surface area contributed by atoms with Gasteiger partial charge in [0.1, 0.15) is 0 Å². The van der Waals surface area contributed by atoms with Crippen LogP contribution in [0.15, 0.2) is 23.1 Å². The third kappa shape index (κ3) is 3.84. The van der Waals surface area contributed by atoms with Gasteiger partial charge in [0.15, 0.2) is 11.5 Å². The number of ether oxygens (including phenoxy) is 2. The first kappa shape index (κ1) is 19.0. The van der Waals surface area contributed by atoms with Crippen LogP contribution in [-0.4, -0.2) is 65.1 Å². The Morgan fingerprint density at radius 3 is 2.29 bits per heavy atom. The van der Waals surface area contributed by atoms with Crippen LogP contribution in [-0.2, 0) is 10.0 Å². The van der Waals surface area contributed by atoms with Gasteiger partial charge < -0.3 is 14.4 Å². The topological polar surface area (TPSA) is 59.1 Å². The van der Waals surface area contributed by atoms with Crippen LogP contribution in [0.1, 0.15) is 19.8 Å². The molecule has 0 spiro atoms. The van der Waals surface area contributed by atoms with E-state index in [9.17, 15) is 8.42 Å². The number of hydrogen-bond acceptors (Lipinski definition) is 5. The molecular formula is C17H28N2O4S. The predicted molar refractivity (Wildman–Crippen MR) is 94.2 cm³/mol. The molecule has 1 aliphatic rings. The fourth-order valence-corrected chi connectivity index (χ4v) is 4.61. The molecule has 1 atom stereocenters. The molecule has 0 aliphatic carbocycles. The van der Waals surface area contributed by atoms with Crippen molar-refractivity contribution in [3.63, 3.8) is 0 Å². The van der Waals surface area contributed by atoms with E-state index in [1.54, 1.807) is 19.2 Å². The average Bonchev–Trinajstić information content (AvgIpc) is 2.60. The van der Waals surface area contributed by atoms with Crippen LogP contribution in [0, 0.1) is 5.92 Å². The molecule has 1 unspecified atom stereocenters. The molecule has 24 heavy (non-hydrogen) atoms. The van der Waals surface area contributed by atoms with E-state index in [4.69, 9.17) is 9.47 Å². The van der Waals surface area contributed by atoms with Crippen LogP contribution in [0.4, 0.5) is 0 Å². The molecule has 0 saturated carbocycles. The van der Waals surface area contributed by atoms with Crippen LogP contribution in [0.2, 0.25) is 0 Å². The SMILES string of the molecule is COc1ccc(S(=O)(=O)N(C)C(C)C2CCN(C)CC2)cc1OC. The summed E-state index contributed by atoms with van der Waals surface area (Å²) in [6, 6.07) is 4.66. The van der Waals surface area contributed by atoms with Crippen molar-refractivity contribution in [1.29, 1.82) is 0 Å². The molecule has 1 heterocycles. The summed E-state index contributed by atoms with van der Waals surface area (Å²) in [7, 11) is 3.22. The van der Waals surface area contributed by atoms with Crippen molar-refractivity contribution in [3.05, 3.63) is 18.2 Å². The lowest BCUT2D eigenvalue weighted by atomic mass is 9.91. The zero-order valence-electron chi connectivity index (χ0n) is 15.2. The first-order valence-electron chi connectivity index (χ1n) is 8.20. The second kappa shape index (κ2) is 7.72. The van der Waals surface area contributed by atoms with Gasteiger partial charge in [0, 0.05) is 19.2 Å². The van der Waals surface area contributed by atoms with E-state index in [0.717, 1.165) is 25.9 Å². The highest BCUT2D eigenvalue weighted by Gasteiger charge is 2.32. The van der Waals surface area contributed by atoms with Crippen LogP contribution in [0.25, 0.3) is 0 Å². The molecule has 0 radical (unpaired) electrons. The fraction of sp³-hybridized carbons (Fsp3) is 0.647. The lowest BCUT2D eigenvalue weighted by molar-refractivity contribution is 0.165. The van der Waals surface area contributed by atoms with Gasteiger partial charge in [0.05, 0.1) is 19.1 Å². The van der Waals surface area contributed by atoms with Crippen molar-refractivity contribution in [2.75, 3.05) is 41.4 Å². The Labute approximate surface area is 145 Å². The molecule has 6 nitrogen and oxygen atoms in total. The Morgan fingerprint density at radius 2 is 1.75 bits per heavy atom. The van der Waals surface area contributed by atoms with Gasteiger partial charge in [-0.2, -0.15) is 4.31 Å². The Hall–Kier alpha value is -1.31. The van der Waals surface area contributed by atoms with Crippen molar-refractivity contribution in [3.8, 4) is 11.5 Å². The standard InChI is InChI=1S/C17H28N2O4S/c1-13(14-8-10-18(2)11-9-14)19(3)24(20,21)15-6-7-16(22-4)17(12-15)23-5/h6-7,12-14H,8-11H2,1-5H3. The summed E-state index contributed by atoms with van der Waals surface area (Å²) in [5, 5.41) is 0. The van der Waals surface area contributed by atoms with Crippen molar-refractivity contribution in [2.45, 2.75) is 30.7 Å². The first-order chi connectivity index (χ1) is 11.3. The van der Waals surface area contributed by atoms with Gasteiger partial charge in [-0.15, -0.1) is 0 Å². The molecule has 2 rings (SSSR count). The number of likely N-dealkylation sites (tertiary alicyclic amines) is 1. The van der Waals surface area contributed by atoms with Gasteiger partial charge in [-0.05, 0) is 58.0 Å². The van der Waals surface area contributed by atoms with E-state index >= 15 is 0 Å². The monoisotopic (exact) mass is 356 g/mol. The van der Waals surface area contributed by atoms with E-state index in [1.165, 1.54) is 24.6 Å².